The predicted octanol–water partition coefficient (Wildman–Crippen LogP) is 3.74. The van der Waals surface area contributed by atoms with Gasteiger partial charge < -0.3 is 19.5 Å². The number of hydrogen-bond acceptors (Lipinski definition) is 8. The van der Waals surface area contributed by atoms with E-state index in [9.17, 15) is 0 Å². The summed E-state index contributed by atoms with van der Waals surface area (Å²) in [4.78, 5) is 6.98. The number of hydrogen-bond donors (Lipinski definition) is 1. The molecular formula is C22H28N6O2. The molecule has 0 aliphatic carbocycles. The Morgan fingerprint density at radius 3 is 2.77 bits per heavy atom. The molecule has 0 amide bonds. The average Bonchev–Trinajstić information content (AvgIpc) is 3.28. The molecule has 1 saturated heterocycles. The van der Waals surface area contributed by atoms with Crippen molar-refractivity contribution in [2.24, 2.45) is 5.92 Å². The first-order chi connectivity index (χ1) is 14.7. The van der Waals surface area contributed by atoms with Gasteiger partial charge in [-0.25, -0.2) is 0 Å². The van der Waals surface area contributed by atoms with E-state index >= 15 is 0 Å². The summed E-state index contributed by atoms with van der Waals surface area (Å²) in [5.74, 6) is 3.20. The molecule has 0 saturated carbocycles. The molecule has 158 valence electrons. The van der Waals surface area contributed by atoms with E-state index in [1.54, 1.807) is 7.11 Å². The summed E-state index contributed by atoms with van der Waals surface area (Å²) in [7, 11) is 1.63. The fraction of sp³-hybridized carbons (Fsp3) is 0.455. The third-order valence-electron chi connectivity index (χ3n) is 5.36. The molecule has 0 radical (unpaired) electrons. The van der Waals surface area contributed by atoms with Crippen molar-refractivity contribution in [1.29, 1.82) is 0 Å². The second kappa shape index (κ2) is 9.67. The predicted molar refractivity (Wildman–Crippen MR) is 115 cm³/mol. The number of nitrogens with zero attached hydrogens (tertiary/aromatic N) is 5. The molecule has 0 bridgehead atoms. The normalized spacial score (nSPS) is 17.1. The van der Waals surface area contributed by atoms with Gasteiger partial charge in [-0.1, -0.05) is 12.1 Å². The lowest BCUT2D eigenvalue weighted by atomic mass is 10.0. The Hall–Kier alpha value is -3.00. The van der Waals surface area contributed by atoms with Crippen molar-refractivity contribution < 1.29 is 9.26 Å². The van der Waals surface area contributed by atoms with Crippen LogP contribution in [0.15, 0.2) is 40.9 Å². The van der Waals surface area contributed by atoms with Gasteiger partial charge in [0.1, 0.15) is 11.6 Å². The summed E-state index contributed by atoms with van der Waals surface area (Å²) in [5, 5.41) is 15.8. The Balaban J connectivity index is 1.28. The van der Waals surface area contributed by atoms with Crippen molar-refractivity contribution in [2.75, 3.05) is 38.6 Å². The van der Waals surface area contributed by atoms with Gasteiger partial charge in [-0.05, 0) is 74.7 Å². The van der Waals surface area contributed by atoms with Gasteiger partial charge in [0, 0.05) is 18.7 Å². The Morgan fingerprint density at radius 1 is 1.17 bits per heavy atom. The largest absolute Gasteiger partial charge is 0.497 e. The van der Waals surface area contributed by atoms with Crippen LogP contribution in [-0.2, 0) is 0 Å². The van der Waals surface area contributed by atoms with E-state index in [4.69, 9.17) is 9.26 Å². The number of likely N-dealkylation sites (tertiary alicyclic amines) is 1. The minimum atomic E-state index is 0.346. The van der Waals surface area contributed by atoms with E-state index in [0.717, 1.165) is 42.6 Å². The summed E-state index contributed by atoms with van der Waals surface area (Å²) in [6, 6.07) is 11.2. The zero-order valence-electron chi connectivity index (χ0n) is 17.5. The molecule has 1 aromatic carbocycles. The fourth-order valence-electron chi connectivity index (χ4n) is 3.73. The summed E-state index contributed by atoms with van der Waals surface area (Å²) in [6.45, 7) is 6.78. The maximum Gasteiger partial charge on any atom is 0.278 e. The van der Waals surface area contributed by atoms with Crippen molar-refractivity contribution >= 4 is 5.82 Å². The first-order valence-corrected chi connectivity index (χ1v) is 10.5. The number of ether oxygens (including phenoxy) is 1. The molecule has 3 heterocycles. The molecule has 1 atom stereocenters. The van der Waals surface area contributed by atoms with Crippen LogP contribution < -0.4 is 10.1 Å². The number of piperidine rings is 1. The fourth-order valence-corrected chi connectivity index (χ4v) is 3.73. The van der Waals surface area contributed by atoms with Crippen LogP contribution in [0.25, 0.3) is 23.0 Å². The van der Waals surface area contributed by atoms with Crippen LogP contribution in [-0.4, -0.2) is 58.5 Å². The van der Waals surface area contributed by atoms with Crippen molar-refractivity contribution in [1.82, 2.24) is 25.2 Å². The Labute approximate surface area is 176 Å². The zero-order chi connectivity index (χ0) is 20.8. The number of rotatable bonds is 8. The lowest BCUT2D eigenvalue weighted by molar-refractivity contribution is 0.183. The number of aromatic nitrogens is 4. The van der Waals surface area contributed by atoms with Gasteiger partial charge in [0.25, 0.3) is 5.89 Å². The molecule has 30 heavy (non-hydrogen) atoms. The number of nitrogens with one attached hydrogen (secondary N) is 1. The number of anilines is 1. The summed E-state index contributed by atoms with van der Waals surface area (Å²) in [6.07, 6.45) is 3.76. The van der Waals surface area contributed by atoms with Crippen LogP contribution in [0.4, 0.5) is 5.82 Å². The van der Waals surface area contributed by atoms with Crippen LogP contribution in [0.1, 0.15) is 26.2 Å². The number of benzene rings is 1. The van der Waals surface area contributed by atoms with E-state index in [-0.39, 0.29) is 0 Å². The van der Waals surface area contributed by atoms with Crippen molar-refractivity contribution in [3.8, 4) is 28.7 Å². The van der Waals surface area contributed by atoms with E-state index in [1.165, 1.54) is 25.9 Å². The Kier molecular flexibility index (Phi) is 6.53. The highest BCUT2D eigenvalue weighted by atomic mass is 16.5. The first kappa shape index (κ1) is 20.3. The third-order valence-corrected chi connectivity index (χ3v) is 5.36. The monoisotopic (exact) mass is 408 g/mol. The molecular weight excluding hydrogens is 380 g/mol. The molecule has 1 N–H and O–H groups in total. The third kappa shape index (κ3) is 5.13. The molecule has 1 aliphatic heterocycles. The van der Waals surface area contributed by atoms with Crippen molar-refractivity contribution in [2.45, 2.75) is 26.2 Å². The minimum absolute atomic E-state index is 0.346. The lowest BCUT2D eigenvalue weighted by Gasteiger charge is -2.30. The average molecular weight is 409 g/mol. The second-order valence-electron chi connectivity index (χ2n) is 7.78. The SMILES string of the molecule is COc1ccc(-c2noc(-c3ccc(NCCCN4CCCC(C)C4)nn3)n2)cc1. The number of methoxy groups -OCH3 is 1. The highest BCUT2D eigenvalue weighted by Crippen LogP contribution is 2.23. The Bertz CT molecular complexity index is 926. The van der Waals surface area contributed by atoms with E-state index in [2.05, 4.69) is 37.5 Å². The van der Waals surface area contributed by atoms with Crippen molar-refractivity contribution in [3.05, 3.63) is 36.4 Å². The van der Waals surface area contributed by atoms with Crippen LogP contribution in [0.2, 0.25) is 0 Å². The quantitative estimate of drug-likeness (QED) is 0.564. The maximum atomic E-state index is 5.36. The first-order valence-electron chi connectivity index (χ1n) is 10.5. The maximum absolute atomic E-state index is 5.36. The van der Waals surface area contributed by atoms with Crippen LogP contribution >= 0.6 is 0 Å². The Morgan fingerprint density at radius 2 is 2.03 bits per heavy atom. The van der Waals surface area contributed by atoms with E-state index in [0.29, 0.717) is 17.4 Å². The van der Waals surface area contributed by atoms with Gasteiger partial charge >= 0.3 is 0 Å². The molecule has 2 aromatic heterocycles. The van der Waals surface area contributed by atoms with Crippen LogP contribution in [0, 0.1) is 5.92 Å². The molecule has 3 aromatic rings. The van der Waals surface area contributed by atoms with Gasteiger partial charge in [0.15, 0.2) is 5.69 Å². The molecule has 1 aliphatic rings. The summed E-state index contributed by atoms with van der Waals surface area (Å²) >= 11 is 0. The standard InChI is InChI=1S/C22H28N6O2/c1-16-5-3-13-28(15-16)14-4-12-23-20-11-10-19(25-26-20)22-24-21(27-30-22)17-6-8-18(29-2)9-7-17/h6-11,16H,3-5,12-15H2,1-2H3,(H,23,26). The molecule has 0 spiro atoms. The van der Waals surface area contributed by atoms with Gasteiger partial charge in [-0.3, -0.25) is 0 Å². The highest BCUT2D eigenvalue weighted by molar-refractivity contribution is 5.59. The molecule has 1 fully saturated rings. The molecule has 8 nitrogen and oxygen atoms in total. The minimum Gasteiger partial charge on any atom is -0.497 e. The van der Waals surface area contributed by atoms with Gasteiger partial charge in [0.2, 0.25) is 5.82 Å². The topological polar surface area (TPSA) is 89.2 Å². The lowest BCUT2D eigenvalue weighted by Crippen LogP contribution is -2.35. The van der Waals surface area contributed by atoms with Crippen molar-refractivity contribution in [3.63, 3.8) is 0 Å². The van der Waals surface area contributed by atoms with Gasteiger partial charge in [-0.2, -0.15) is 4.98 Å². The zero-order valence-corrected chi connectivity index (χ0v) is 17.5. The van der Waals surface area contributed by atoms with Gasteiger partial charge in [0.05, 0.1) is 7.11 Å². The molecule has 4 rings (SSSR count). The molecule has 8 heteroatoms. The smallest absolute Gasteiger partial charge is 0.278 e. The van der Waals surface area contributed by atoms with Crippen LogP contribution in [0.5, 0.6) is 5.75 Å². The van der Waals surface area contributed by atoms with Gasteiger partial charge in [-0.15, -0.1) is 10.2 Å². The van der Waals surface area contributed by atoms with Crippen LogP contribution in [0.3, 0.4) is 0 Å². The van der Waals surface area contributed by atoms with E-state index < -0.39 is 0 Å². The second-order valence-corrected chi connectivity index (χ2v) is 7.78. The van der Waals surface area contributed by atoms with E-state index in [1.807, 2.05) is 36.4 Å². The highest BCUT2D eigenvalue weighted by Gasteiger charge is 2.15. The summed E-state index contributed by atoms with van der Waals surface area (Å²) in [5.41, 5.74) is 1.40. The molecule has 1 unspecified atom stereocenters. The summed E-state index contributed by atoms with van der Waals surface area (Å²) < 4.78 is 10.5.